The first-order valence-electron chi connectivity index (χ1n) is 5.54. The number of anilines is 1. The Morgan fingerprint density at radius 3 is 2.68 bits per heavy atom. The number of rotatable bonds is 5. The summed E-state index contributed by atoms with van der Waals surface area (Å²) in [6.45, 7) is 2.54. The van der Waals surface area contributed by atoms with Crippen molar-refractivity contribution in [3.05, 3.63) is 28.8 Å². The van der Waals surface area contributed by atoms with Gasteiger partial charge in [-0.05, 0) is 24.5 Å². The lowest BCUT2D eigenvalue weighted by Crippen LogP contribution is -2.33. The summed E-state index contributed by atoms with van der Waals surface area (Å²) < 4.78 is 0. The number of aromatic carboxylic acids is 1. The molecule has 0 saturated heterocycles. The molecule has 0 saturated carbocycles. The van der Waals surface area contributed by atoms with E-state index >= 15 is 0 Å². The fourth-order valence-electron chi connectivity index (χ4n) is 1.24. The molecule has 1 aromatic carbocycles. The molecule has 7 heteroatoms. The first-order valence-corrected chi connectivity index (χ1v) is 7.21. The number of carbonyl (C=O) groups excluding carboxylic acids is 1. The number of halogens is 1. The van der Waals surface area contributed by atoms with Gasteiger partial charge in [-0.25, -0.2) is 9.59 Å². The molecule has 0 bridgehead atoms. The highest BCUT2D eigenvalue weighted by molar-refractivity contribution is 7.99. The van der Waals surface area contributed by atoms with E-state index in [1.54, 1.807) is 11.8 Å². The zero-order valence-corrected chi connectivity index (χ0v) is 12.1. The SMILES string of the molecule is CSC(C)CNC(=O)Nc1ccc(C(=O)O)cc1Cl. The molecule has 1 atom stereocenters. The van der Waals surface area contributed by atoms with E-state index in [1.165, 1.54) is 18.2 Å². The first kappa shape index (κ1) is 15.7. The van der Waals surface area contributed by atoms with Gasteiger partial charge in [0.05, 0.1) is 16.3 Å². The van der Waals surface area contributed by atoms with E-state index < -0.39 is 5.97 Å². The predicted molar refractivity (Wildman–Crippen MR) is 78.4 cm³/mol. The van der Waals surface area contributed by atoms with Gasteiger partial charge in [-0.15, -0.1) is 0 Å². The van der Waals surface area contributed by atoms with Crippen molar-refractivity contribution in [2.45, 2.75) is 12.2 Å². The lowest BCUT2D eigenvalue weighted by Gasteiger charge is -2.12. The van der Waals surface area contributed by atoms with Gasteiger partial charge in [0.25, 0.3) is 0 Å². The third kappa shape index (κ3) is 5.00. The second-order valence-corrected chi connectivity index (χ2v) is 5.56. The van der Waals surface area contributed by atoms with Crippen LogP contribution in [0.5, 0.6) is 0 Å². The third-order valence-corrected chi connectivity index (χ3v) is 3.70. The van der Waals surface area contributed by atoms with Gasteiger partial charge in [0, 0.05) is 11.8 Å². The molecule has 0 aliphatic heterocycles. The van der Waals surface area contributed by atoms with Crippen LogP contribution in [0.2, 0.25) is 5.02 Å². The van der Waals surface area contributed by atoms with Crippen molar-refractivity contribution in [1.29, 1.82) is 0 Å². The van der Waals surface area contributed by atoms with Gasteiger partial charge < -0.3 is 15.7 Å². The third-order valence-electron chi connectivity index (χ3n) is 2.42. The smallest absolute Gasteiger partial charge is 0.335 e. The summed E-state index contributed by atoms with van der Waals surface area (Å²) in [6.07, 6.45) is 1.96. The molecule has 0 aliphatic rings. The lowest BCUT2D eigenvalue weighted by molar-refractivity contribution is 0.0697. The second-order valence-electron chi connectivity index (χ2n) is 3.88. The Kier molecular flexibility index (Phi) is 5.98. The summed E-state index contributed by atoms with van der Waals surface area (Å²) in [6, 6.07) is 3.77. The van der Waals surface area contributed by atoms with Gasteiger partial charge in [-0.3, -0.25) is 0 Å². The van der Waals surface area contributed by atoms with Crippen LogP contribution < -0.4 is 10.6 Å². The van der Waals surface area contributed by atoms with Gasteiger partial charge in [-0.1, -0.05) is 18.5 Å². The number of hydrogen-bond donors (Lipinski definition) is 3. The number of hydrogen-bond acceptors (Lipinski definition) is 3. The largest absolute Gasteiger partial charge is 0.478 e. The zero-order valence-electron chi connectivity index (χ0n) is 10.6. The van der Waals surface area contributed by atoms with E-state index in [4.69, 9.17) is 16.7 Å². The summed E-state index contributed by atoms with van der Waals surface area (Å²) in [5.41, 5.74) is 0.452. The molecule has 19 heavy (non-hydrogen) atoms. The van der Waals surface area contributed by atoms with Crippen LogP contribution in [0.25, 0.3) is 0 Å². The van der Waals surface area contributed by atoms with Crippen LogP contribution in [0.1, 0.15) is 17.3 Å². The van der Waals surface area contributed by atoms with Gasteiger partial charge in [0.15, 0.2) is 0 Å². The lowest BCUT2D eigenvalue weighted by atomic mass is 10.2. The van der Waals surface area contributed by atoms with Crippen molar-refractivity contribution in [3.63, 3.8) is 0 Å². The van der Waals surface area contributed by atoms with Crippen molar-refractivity contribution in [3.8, 4) is 0 Å². The maximum Gasteiger partial charge on any atom is 0.335 e. The van der Waals surface area contributed by atoms with Crippen LogP contribution in [0.3, 0.4) is 0 Å². The molecule has 0 fully saturated rings. The normalized spacial score (nSPS) is 11.7. The quantitative estimate of drug-likeness (QED) is 0.781. The molecule has 3 N–H and O–H groups in total. The van der Waals surface area contributed by atoms with E-state index in [9.17, 15) is 9.59 Å². The molecule has 0 radical (unpaired) electrons. The fourth-order valence-corrected chi connectivity index (χ4v) is 1.71. The molecule has 0 spiro atoms. The summed E-state index contributed by atoms with van der Waals surface area (Å²) in [5.74, 6) is -1.06. The molecule has 2 amide bonds. The van der Waals surface area contributed by atoms with E-state index in [2.05, 4.69) is 10.6 Å². The number of benzene rings is 1. The number of urea groups is 1. The van der Waals surface area contributed by atoms with Crippen LogP contribution in [-0.4, -0.2) is 35.2 Å². The van der Waals surface area contributed by atoms with E-state index in [1.807, 2.05) is 13.2 Å². The molecular weight excluding hydrogens is 288 g/mol. The van der Waals surface area contributed by atoms with E-state index in [0.717, 1.165) is 0 Å². The highest BCUT2D eigenvalue weighted by Crippen LogP contribution is 2.22. The number of carboxylic acids is 1. The zero-order chi connectivity index (χ0) is 14.4. The molecule has 1 rings (SSSR count). The average molecular weight is 303 g/mol. The maximum absolute atomic E-state index is 11.6. The van der Waals surface area contributed by atoms with Crippen LogP contribution in [0.15, 0.2) is 18.2 Å². The van der Waals surface area contributed by atoms with E-state index in [-0.39, 0.29) is 16.6 Å². The number of nitrogens with one attached hydrogen (secondary N) is 2. The summed E-state index contributed by atoms with van der Waals surface area (Å²) in [5, 5.41) is 14.6. The molecular formula is C12H15ClN2O3S. The van der Waals surface area contributed by atoms with E-state index in [0.29, 0.717) is 17.5 Å². The number of carbonyl (C=O) groups is 2. The van der Waals surface area contributed by atoms with Gasteiger partial charge >= 0.3 is 12.0 Å². The Morgan fingerprint density at radius 2 is 2.16 bits per heavy atom. The summed E-state index contributed by atoms with van der Waals surface area (Å²) >= 11 is 7.55. The minimum Gasteiger partial charge on any atom is -0.478 e. The Bertz CT molecular complexity index is 482. The Balaban J connectivity index is 2.62. The molecule has 0 heterocycles. The first-order chi connectivity index (χ1) is 8.93. The standard InChI is InChI=1S/C12H15ClN2O3S/c1-7(19-2)6-14-12(18)15-10-4-3-8(11(16)17)5-9(10)13/h3-5,7H,6H2,1-2H3,(H,16,17)(H2,14,15,18). The van der Waals surface area contributed by atoms with Crippen molar-refractivity contribution in [2.24, 2.45) is 0 Å². The van der Waals surface area contributed by atoms with Gasteiger partial charge in [-0.2, -0.15) is 11.8 Å². The predicted octanol–water partition coefficient (Wildman–Crippen LogP) is 2.91. The van der Waals surface area contributed by atoms with Crippen molar-refractivity contribution >= 4 is 41.1 Å². The Labute approximate surface area is 120 Å². The number of thioether (sulfide) groups is 1. The molecule has 1 aromatic rings. The molecule has 1 unspecified atom stereocenters. The minimum atomic E-state index is -1.06. The molecule has 5 nitrogen and oxygen atoms in total. The number of carboxylic acid groups (broad SMARTS) is 1. The number of amides is 2. The fraction of sp³-hybridized carbons (Fsp3) is 0.333. The van der Waals surface area contributed by atoms with Crippen LogP contribution in [0, 0.1) is 0 Å². The Hall–Kier alpha value is -1.40. The van der Waals surface area contributed by atoms with Gasteiger partial charge in [0.1, 0.15) is 0 Å². The second kappa shape index (κ2) is 7.25. The van der Waals surface area contributed by atoms with Crippen LogP contribution in [0.4, 0.5) is 10.5 Å². The molecule has 0 aromatic heterocycles. The highest BCUT2D eigenvalue weighted by Gasteiger charge is 2.10. The topological polar surface area (TPSA) is 78.4 Å². The molecule has 0 aliphatic carbocycles. The van der Waals surface area contributed by atoms with Crippen molar-refractivity contribution < 1.29 is 14.7 Å². The highest BCUT2D eigenvalue weighted by atomic mass is 35.5. The summed E-state index contributed by atoms with van der Waals surface area (Å²) in [4.78, 5) is 22.3. The average Bonchev–Trinajstić information content (AvgIpc) is 2.38. The molecule has 104 valence electrons. The Morgan fingerprint density at radius 1 is 1.47 bits per heavy atom. The van der Waals surface area contributed by atoms with Crippen molar-refractivity contribution in [2.75, 3.05) is 18.1 Å². The van der Waals surface area contributed by atoms with Crippen molar-refractivity contribution in [1.82, 2.24) is 5.32 Å². The monoisotopic (exact) mass is 302 g/mol. The minimum absolute atomic E-state index is 0.0759. The summed E-state index contributed by atoms with van der Waals surface area (Å²) in [7, 11) is 0. The maximum atomic E-state index is 11.6. The van der Waals surface area contributed by atoms with Crippen LogP contribution >= 0.6 is 23.4 Å². The van der Waals surface area contributed by atoms with Crippen LogP contribution in [-0.2, 0) is 0 Å². The van der Waals surface area contributed by atoms with Gasteiger partial charge in [0.2, 0.25) is 0 Å².